The average Bonchev–Trinajstić information content (AvgIpc) is 1.99. The molecule has 0 rings (SSSR count). The third kappa shape index (κ3) is 4.40. The maximum absolute atomic E-state index is 10.4. The minimum Gasteiger partial charge on any atom is -0.459 e. The van der Waals surface area contributed by atoms with Gasteiger partial charge in [-0.1, -0.05) is 19.8 Å². The van der Waals surface area contributed by atoms with Crippen LogP contribution in [-0.2, 0) is 9.53 Å². The number of esters is 1. The van der Waals surface area contributed by atoms with Gasteiger partial charge in [-0.05, 0) is 5.92 Å². The van der Waals surface area contributed by atoms with Crippen molar-refractivity contribution < 1.29 is 14.6 Å². The smallest absolute Gasteiger partial charge is 0.384 e. The van der Waals surface area contributed by atoms with Gasteiger partial charge in [-0.25, -0.2) is 4.79 Å². The second-order valence-corrected chi connectivity index (χ2v) is 2.45. The second kappa shape index (κ2) is 4.75. The Morgan fingerprint density at radius 3 is 2.45 bits per heavy atom. The predicted molar refractivity (Wildman–Crippen MR) is 40.6 cm³/mol. The molecule has 62 valence electrons. The van der Waals surface area contributed by atoms with Crippen molar-refractivity contribution in [3.63, 3.8) is 0 Å². The minimum atomic E-state index is -0.755. The van der Waals surface area contributed by atoms with Gasteiger partial charge in [0.25, 0.3) is 0 Å². The van der Waals surface area contributed by atoms with Gasteiger partial charge >= 0.3 is 5.97 Å². The molecule has 0 amide bonds. The van der Waals surface area contributed by atoms with E-state index in [0.717, 1.165) is 0 Å². The molecule has 0 bridgehead atoms. The van der Waals surface area contributed by atoms with Crippen LogP contribution in [0.4, 0.5) is 0 Å². The van der Waals surface area contributed by atoms with Crippen LogP contribution in [0.2, 0.25) is 0 Å². The van der Waals surface area contributed by atoms with Crippen LogP contribution in [0.15, 0.2) is 0 Å². The van der Waals surface area contributed by atoms with Gasteiger partial charge in [-0.2, -0.15) is 0 Å². The number of carbonyl (C=O) groups is 1. The first-order valence-corrected chi connectivity index (χ1v) is 3.35. The van der Waals surface area contributed by atoms with E-state index in [0.29, 0.717) is 0 Å². The highest BCUT2D eigenvalue weighted by Crippen LogP contribution is 1.97. The van der Waals surface area contributed by atoms with Crippen molar-refractivity contribution in [3.05, 3.63) is 0 Å². The summed E-state index contributed by atoms with van der Waals surface area (Å²) in [5.41, 5.74) is 0. The van der Waals surface area contributed by atoms with Crippen LogP contribution >= 0.6 is 0 Å². The first-order valence-electron chi connectivity index (χ1n) is 3.35. The van der Waals surface area contributed by atoms with Crippen molar-refractivity contribution in [1.82, 2.24) is 0 Å². The van der Waals surface area contributed by atoms with Crippen molar-refractivity contribution in [2.45, 2.75) is 20.0 Å². The van der Waals surface area contributed by atoms with E-state index in [9.17, 15) is 4.79 Å². The topological polar surface area (TPSA) is 46.5 Å². The first kappa shape index (κ1) is 9.99. The molecule has 0 saturated heterocycles. The van der Waals surface area contributed by atoms with Crippen molar-refractivity contribution in [2.75, 3.05) is 7.11 Å². The standard InChI is InChI=1S/C8H12O3/c1-6(2)7(9)4-5-8(10)11-3/h6-7,9H,1-3H3/t7-/m0/s1. The van der Waals surface area contributed by atoms with Crippen LogP contribution in [-0.4, -0.2) is 24.3 Å². The van der Waals surface area contributed by atoms with Gasteiger partial charge in [-0.15, -0.1) is 0 Å². The minimum absolute atomic E-state index is 0.0344. The second-order valence-electron chi connectivity index (χ2n) is 2.45. The molecule has 0 aliphatic rings. The molecule has 0 spiro atoms. The molecule has 0 radical (unpaired) electrons. The zero-order chi connectivity index (χ0) is 8.85. The van der Waals surface area contributed by atoms with Crippen LogP contribution in [0.1, 0.15) is 13.8 Å². The van der Waals surface area contributed by atoms with E-state index in [4.69, 9.17) is 5.11 Å². The lowest BCUT2D eigenvalue weighted by atomic mass is 10.1. The summed E-state index contributed by atoms with van der Waals surface area (Å²) in [7, 11) is 1.25. The van der Waals surface area contributed by atoms with Gasteiger partial charge in [0.05, 0.1) is 7.11 Å². The number of aliphatic hydroxyl groups excluding tert-OH is 1. The normalized spacial score (nSPS) is 11.7. The molecule has 3 nitrogen and oxygen atoms in total. The monoisotopic (exact) mass is 156 g/mol. The van der Waals surface area contributed by atoms with Gasteiger partial charge in [0, 0.05) is 5.92 Å². The van der Waals surface area contributed by atoms with E-state index in [-0.39, 0.29) is 5.92 Å². The van der Waals surface area contributed by atoms with Gasteiger partial charge in [-0.3, -0.25) is 0 Å². The van der Waals surface area contributed by atoms with Crippen molar-refractivity contribution >= 4 is 5.97 Å². The quantitative estimate of drug-likeness (QED) is 0.334. The Hall–Kier alpha value is -1.01. The van der Waals surface area contributed by atoms with E-state index in [2.05, 4.69) is 16.6 Å². The molecule has 0 aliphatic heterocycles. The SMILES string of the molecule is COC(=O)C#C[C@H](O)C(C)C. The van der Waals surface area contributed by atoms with Crippen LogP contribution in [0.3, 0.4) is 0 Å². The molecule has 0 fully saturated rings. The Labute approximate surface area is 66.4 Å². The van der Waals surface area contributed by atoms with E-state index < -0.39 is 12.1 Å². The van der Waals surface area contributed by atoms with Crippen molar-refractivity contribution in [2.24, 2.45) is 5.92 Å². The lowest BCUT2D eigenvalue weighted by molar-refractivity contribution is -0.133. The Balaban J connectivity index is 3.96. The lowest BCUT2D eigenvalue weighted by Gasteiger charge is -2.04. The van der Waals surface area contributed by atoms with E-state index >= 15 is 0 Å². The number of aliphatic hydroxyl groups is 1. The van der Waals surface area contributed by atoms with Crippen LogP contribution in [0.5, 0.6) is 0 Å². The largest absolute Gasteiger partial charge is 0.459 e. The Bertz CT molecular complexity index is 185. The summed E-state index contributed by atoms with van der Waals surface area (Å²) in [5, 5.41) is 9.09. The summed E-state index contributed by atoms with van der Waals surface area (Å²) in [6, 6.07) is 0. The maximum Gasteiger partial charge on any atom is 0.384 e. The number of carbonyl (C=O) groups excluding carboxylic acids is 1. The molecule has 3 heteroatoms. The molecular formula is C8H12O3. The first-order chi connectivity index (χ1) is 5.07. The van der Waals surface area contributed by atoms with Gasteiger partial charge in [0.15, 0.2) is 0 Å². The summed E-state index contributed by atoms with van der Waals surface area (Å²) in [5.74, 6) is 3.93. The molecule has 0 aromatic carbocycles. The Morgan fingerprint density at radius 1 is 1.55 bits per heavy atom. The summed E-state index contributed by atoms with van der Waals surface area (Å²) >= 11 is 0. The van der Waals surface area contributed by atoms with Crippen molar-refractivity contribution in [3.8, 4) is 11.8 Å². The van der Waals surface area contributed by atoms with Gasteiger partial charge < -0.3 is 9.84 Å². The Morgan fingerprint density at radius 2 is 2.09 bits per heavy atom. The molecular weight excluding hydrogens is 144 g/mol. The van der Waals surface area contributed by atoms with Crippen LogP contribution < -0.4 is 0 Å². The van der Waals surface area contributed by atoms with E-state index in [1.54, 1.807) is 0 Å². The molecule has 11 heavy (non-hydrogen) atoms. The number of hydrogen-bond acceptors (Lipinski definition) is 3. The molecule has 0 aliphatic carbocycles. The zero-order valence-corrected chi connectivity index (χ0v) is 6.92. The molecule has 0 unspecified atom stereocenters. The predicted octanol–water partition coefficient (Wildman–Crippen LogP) is 0.180. The van der Waals surface area contributed by atoms with Crippen LogP contribution in [0.25, 0.3) is 0 Å². The van der Waals surface area contributed by atoms with Crippen LogP contribution in [0, 0.1) is 17.8 Å². The highest BCUT2D eigenvalue weighted by atomic mass is 16.5. The molecule has 0 aromatic heterocycles. The number of methoxy groups -OCH3 is 1. The fourth-order valence-electron chi connectivity index (χ4n) is 0.351. The summed E-state index contributed by atoms with van der Waals surface area (Å²) in [4.78, 5) is 10.4. The summed E-state index contributed by atoms with van der Waals surface area (Å²) < 4.78 is 4.26. The number of rotatable bonds is 1. The third-order valence-electron chi connectivity index (χ3n) is 1.14. The highest BCUT2D eigenvalue weighted by molar-refractivity contribution is 5.88. The van der Waals surface area contributed by atoms with E-state index in [1.807, 2.05) is 13.8 Å². The van der Waals surface area contributed by atoms with Gasteiger partial charge in [0.1, 0.15) is 6.10 Å². The molecule has 0 aromatic rings. The molecule has 1 atom stereocenters. The van der Waals surface area contributed by atoms with E-state index in [1.165, 1.54) is 7.11 Å². The molecule has 0 saturated carbocycles. The number of ether oxygens (including phenoxy) is 1. The van der Waals surface area contributed by atoms with Crippen molar-refractivity contribution in [1.29, 1.82) is 0 Å². The maximum atomic E-state index is 10.4. The highest BCUT2D eigenvalue weighted by Gasteiger charge is 2.04. The van der Waals surface area contributed by atoms with Gasteiger partial charge in [0.2, 0.25) is 0 Å². The fraction of sp³-hybridized carbons (Fsp3) is 0.625. The fourth-order valence-corrected chi connectivity index (χ4v) is 0.351. The zero-order valence-electron chi connectivity index (χ0n) is 6.92. The number of hydrogen-bond donors (Lipinski definition) is 1. The average molecular weight is 156 g/mol. The Kier molecular flexibility index (Phi) is 4.32. The molecule has 1 N–H and O–H groups in total. The summed E-state index contributed by atoms with van der Waals surface area (Å²) in [6.07, 6.45) is -0.755. The molecule has 0 heterocycles. The third-order valence-corrected chi connectivity index (χ3v) is 1.14. The lowest BCUT2D eigenvalue weighted by Crippen LogP contribution is -2.12. The summed E-state index contributed by atoms with van der Waals surface area (Å²) in [6.45, 7) is 3.63.